The van der Waals surface area contributed by atoms with Crippen molar-refractivity contribution in [3.05, 3.63) is 60.2 Å². The fourth-order valence-corrected chi connectivity index (χ4v) is 3.01. The van der Waals surface area contributed by atoms with E-state index in [0.717, 1.165) is 28.0 Å². The van der Waals surface area contributed by atoms with Gasteiger partial charge in [0.25, 0.3) is 0 Å². The normalized spacial score (nSPS) is 10.7. The number of H-pyrrole nitrogens is 1. The van der Waals surface area contributed by atoms with Crippen LogP contribution in [0.2, 0.25) is 0 Å². The molecular weight excluding hydrogens is 332 g/mol. The van der Waals surface area contributed by atoms with Crippen LogP contribution in [0.3, 0.4) is 0 Å². The van der Waals surface area contributed by atoms with Crippen molar-refractivity contribution in [1.29, 1.82) is 0 Å². The van der Waals surface area contributed by atoms with Crippen LogP contribution in [0.25, 0.3) is 22.5 Å². The van der Waals surface area contributed by atoms with Crippen molar-refractivity contribution >= 4 is 17.4 Å². The van der Waals surface area contributed by atoms with Gasteiger partial charge in [0.1, 0.15) is 0 Å². The molecule has 3 rings (SSSR count). The third kappa shape index (κ3) is 4.29. The second-order valence-electron chi connectivity index (χ2n) is 5.99. The molecule has 0 aliphatic rings. The maximum Gasteiger partial charge on any atom is 0.209 e. The summed E-state index contributed by atoms with van der Waals surface area (Å²) >= 11 is 1.54. The van der Waals surface area contributed by atoms with E-state index >= 15 is 0 Å². The zero-order valence-electron chi connectivity index (χ0n) is 14.2. The predicted octanol–water partition coefficient (Wildman–Crippen LogP) is 4.92. The Labute approximate surface area is 151 Å². The van der Waals surface area contributed by atoms with E-state index in [1.165, 1.54) is 17.3 Å². The number of aromatic amines is 1. The Morgan fingerprint density at radius 3 is 2.56 bits per heavy atom. The summed E-state index contributed by atoms with van der Waals surface area (Å²) < 4.78 is 0. The first-order valence-electron chi connectivity index (χ1n) is 7.87. The standard InChI is InChI=1S/C19H20N4OS/c1-12(2)11-25-19-20-18(21-22-19)16-8-15(9-17(10-16)23-24)14-6-4-13(3)5-7-14/h4-10,23-24H,1,11H2,2-3H3,(H,20,21,22). The van der Waals surface area contributed by atoms with Gasteiger partial charge >= 0.3 is 0 Å². The number of rotatable bonds is 6. The summed E-state index contributed by atoms with van der Waals surface area (Å²) in [5, 5.41) is 17.2. The molecule has 0 aliphatic heterocycles. The van der Waals surface area contributed by atoms with Crippen molar-refractivity contribution in [3.8, 4) is 22.5 Å². The Morgan fingerprint density at radius 2 is 1.88 bits per heavy atom. The Morgan fingerprint density at radius 1 is 1.16 bits per heavy atom. The van der Waals surface area contributed by atoms with E-state index in [4.69, 9.17) is 0 Å². The van der Waals surface area contributed by atoms with Crippen molar-refractivity contribution in [2.45, 2.75) is 19.0 Å². The molecular formula is C19H20N4OS. The monoisotopic (exact) mass is 352 g/mol. The zero-order valence-corrected chi connectivity index (χ0v) is 15.0. The smallest absolute Gasteiger partial charge is 0.209 e. The number of benzene rings is 2. The van der Waals surface area contributed by atoms with Crippen molar-refractivity contribution in [1.82, 2.24) is 15.2 Å². The molecule has 0 saturated heterocycles. The van der Waals surface area contributed by atoms with Crippen molar-refractivity contribution < 1.29 is 5.21 Å². The largest absolute Gasteiger partial charge is 0.291 e. The van der Waals surface area contributed by atoms with E-state index in [1.807, 2.05) is 25.1 Å². The fourth-order valence-electron chi connectivity index (χ4n) is 2.37. The van der Waals surface area contributed by atoms with Crippen LogP contribution in [-0.2, 0) is 0 Å². The fraction of sp³-hybridized carbons (Fsp3) is 0.158. The minimum absolute atomic E-state index is 0.598. The molecule has 128 valence electrons. The topological polar surface area (TPSA) is 73.8 Å². The number of aryl methyl sites for hydroxylation is 1. The summed E-state index contributed by atoms with van der Waals surface area (Å²) in [5.74, 6) is 1.44. The molecule has 1 heterocycles. The average molecular weight is 352 g/mol. The van der Waals surface area contributed by atoms with Crippen LogP contribution in [0.15, 0.2) is 59.8 Å². The first kappa shape index (κ1) is 17.3. The minimum atomic E-state index is 0.598. The van der Waals surface area contributed by atoms with Crippen LogP contribution < -0.4 is 5.48 Å². The lowest BCUT2D eigenvalue weighted by Gasteiger charge is -2.08. The number of nitrogens with zero attached hydrogens (tertiary/aromatic N) is 2. The van der Waals surface area contributed by atoms with Gasteiger partial charge in [-0.2, -0.15) is 0 Å². The summed E-state index contributed by atoms with van der Waals surface area (Å²) in [5.41, 5.74) is 8.01. The highest BCUT2D eigenvalue weighted by atomic mass is 32.2. The van der Waals surface area contributed by atoms with Crippen LogP contribution in [0.4, 0.5) is 5.69 Å². The highest BCUT2D eigenvalue weighted by Gasteiger charge is 2.10. The maximum absolute atomic E-state index is 9.36. The minimum Gasteiger partial charge on any atom is -0.291 e. The number of aromatic nitrogens is 3. The molecule has 0 fully saturated rings. The second kappa shape index (κ2) is 7.55. The highest BCUT2D eigenvalue weighted by Crippen LogP contribution is 2.30. The average Bonchev–Trinajstić information content (AvgIpc) is 3.09. The molecule has 0 radical (unpaired) electrons. The van der Waals surface area contributed by atoms with E-state index in [1.54, 1.807) is 0 Å². The maximum atomic E-state index is 9.36. The van der Waals surface area contributed by atoms with E-state index < -0.39 is 0 Å². The SMILES string of the molecule is C=C(C)CSc1n[nH]c(-c2cc(NO)cc(-c3ccc(C)cc3)c2)n1. The van der Waals surface area contributed by atoms with Gasteiger partial charge in [-0.25, -0.2) is 4.98 Å². The van der Waals surface area contributed by atoms with E-state index in [0.29, 0.717) is 16.7 Å². The molecule has 0 saturated carbocycles. The number of hydrogen-bond donors (Lipinski definition) is 3. The van der Waals surface area contributed by atoms with E-state index in [9.17, 15) is 5.21 Å². The number of anilines is 1. The number of nitrogens with one attached hydrogen (secondary N) is 2. The zero-order chi connectivity index (χ0) is 17.8. The lowest BCUT2D eigenvalue weighted by molar-refractivity contribution is 0.389. The molecule has 0 atom stereocenters. The summed E-state index contributed by atoms with van der Waals surface area (Å²) in [6.45, 7) is 7.92. The molecule has 0 spiro atoms. The van der Waals surface area contributed by atoms with Gasteiger partial charge in [0.05, 0.1) is 5.69 Å². The summed E-state index contributed by atoms with van der Waals surface area (Å²) in [6.07, 6.45) is 0. The molecule has 0 aliphatic carbocycles. The lowest BCUT2D eigenvalue weighted by Crippen LogP contribution is -1.92. The van der Waals surface area contributed by atoms with Crippen LogP contribution in [0.1, 0.15) is 12.5 Å². The number of thioether (sulfide) groups is 1. The van der Waals surface area contributed by atoms with Gasteiger partial charge in [0, 0.05) is 11.3 Å². The molecule has 3 N–H and O–H groups in total. The van der Waals surface area contributed by atoms with Crippen LogP contribution in [0.5, 0.6) is 0 Å². The quantitative estimate of drug-likeness (QED) is 0.334. The third-order valence-electron chi connectivity index (χ3n) is 3.63. The Kier molecular flexibility index (Phi) is 5.21. The van der Waals surface area contributed by atoms with Gasteiger partial charge in [-0.15, -0.1) is 5.10 Å². The Hall–Kier alpha value is -2.57. The van der Waals surface area contributed by atoms with Crippen molar-refractivity contribution in [2.24, 2.45) is 0 Å². The first-order valence-corrected chi connectivity index (χ1v) is 8.86. The lowest BCUT2D eigenvalue weighted by atomic mass is 10.0. The van der Waals surface area contributed by atoms with Crippen LogP contribution in [-0.4, -0.2) is 26.1 Å². The first-order chi connectivity index (χ1) is 12.0. The predicted molar refractivity (Wildman–Crippen MR) is 103 cm³/mol. The summed E-state index contributed by atoms with van der Waals surface area (Å²) in [4.78, 5) is 4.52. The van der Waals surface area contributed by atoms with Gasteiger partial charge in [-0.05, 0) is 43.2 Å². The van der Waals surface area contributed by atoms with Crippen molar-refractivity contribution in [3.63, 3.8) is 0 Å². The third-order valence-corrected chi connectivity index (χ3v) is 4.71. The molecule has 0 unspecified atom stereocenters. The summed E-state index contributed by atoms with van der Waals surface area (Å²) in [7, 11) is 0. The van der Waals surface area contributed by atoms with Gasteiger partial charge in [0.2, 0.25) is 5.16 Å². The molecule has 1 aromatic heterocycles. The van der Waals surface area contributed by atoms with Gasteiger partial charge in [-0.1, -0.05) is 53.7 Å². The summed E-state index contributed by atoms with van der Waals surface area (Å²) in [6, 6.07) is 14.0. The second-order valence-corrected chi connectivity index (χ2v) is 6.93. The molecule has 6 heteroatoms. The van der Waals surface area contributed by atoms with Crippen LogP contribution >= 0.6 is 11.8 Å². The number of hydrogen-bond acceptors (Lipinski definition) is 5. The highest BCUT2D eigenvalue weighted by molar-refractivity contribution is 7.99. The van der Waals surface area contributed by atoms with Crippen LogP contribution in [0, 0.1) is 6.92 Å². The molecule has 5 nitrogen and oxygen atoms in total. The Balaban J connectivity index is 1.94. The molecule has 2 aromatic carbocycles. The van der Waals surface area contributed by atoms with Crippen molar-refractivity contribution in [2.75, 3.05) is 11.2 Å². The van der Waals surface area contributed by atoms with Gasteiger partial charge < -0.3 is 0 Å². The van der Waals surface area contributed by atoms with Gasteiger partial charge in [0.15, 0.2) is 5.82 Å². The van der Waals surface area contributed by atoms with E-state index in [-0.39, 0.29) is 0 Å². The molecule has 3 aromatic rings. The van der Waals surface area contributed by atoms with E-state index in [2.05, 4.69) is 58.4 Å². The molecule has 0 bridgehead atoms. The molecule has 25 heavy (non-hydrogen) atoms. The Bertz CT molecular complexity index is 887. The van der Waals surface area contributed by atoms with Gasteiger partial charge in [-0.3, -0.25) is 15.8 Å². The molecule has 0 amide bonds.